The number of para-hydroxylation sites is 1. The molecule has 0 aliphatic heterocycles. The number of rotatable bonds is 7. The Morgan fingerprint density at radius 3 is 2.61 bits per heavy atom. The number of nitrogens with one attached hydrogen (secondary N) is 2. The number of carbonyl (C=O) groups is 2. The van der Waals surface area contributed by atoms with Crippen molar-refractivity contribution in [2.75, 3.05) is 5.32 Å². The Morgan fingerprint density at radius 2 is 1.73 bits per heavy atom. The van der Waals surface area contributed by atoms with E-state index in [0.29, 0.717) is 40.0 Å². The number of pyridine rings is 1. The van der Waals surface area contributed by atoms with Crippen molar-refractivity contribution < 1.29 is 9.59 Å². The van der Waals surface area contributed by atoms with E-state index < -0.39 is 5.91 Å². The first-order valence-corrected chi connectivity index (χ1v) is 10.4. The van der Waals surface area contributed by atoms with Crippen LogP contribution >= 0.6 is 0 Å². The Bertz CT molecular complexity index is 1510. The summed E-state index contributed by atoms with van der Waals surface area (Å²) in [6.07, 6.45) is 5.10. The summed E-state index contributed by atoms with van der Waals surface area (Å²) < 4.78 is 0. The van der Waals surface area contributed by atoms with Gasteiger partial charge < -0.3 is 16.0 Å². The van der Waals surface area contributed by atoms with Crippen LogP contribution < -0.4 is 11.1 Å². The molecule has 0 radical (unpaired) electrons. The van der Waals surface area contributed by atoms with Crippen LogP contribution in [-0.4, -0.2) is 31.6 Å². The lowest BCUT2D eigenvalue weighted by Crippen LogP contribution is -2.12. The number of Topliss-reactive ketones (excluding diaryl/α,β-unsaturated/α-hetero) is 1. The number of fused-ring (bicyclic) bond motifs is 2. The molecule has 0 aliphatic carbocycles. The quantitative estimate of drug-likeness (QED) is 0.334. The summed E-state index contributed by atoms with van der Waals surface area (Å²) in [4.78, 5) is 40.4. The third-order valence-electron chi connectivity index (χ3n) is 5.50. The maximum absolute atomic E-state index is 12.9. The highest BCUT2D eigenvalue weighted by atomic mass is 16.1. The van der Waals surface area contributed by atoms with Gasteiger partial charge in [0.1, 0.15) is 17.8 Å². The van der Waals surface area contributed by atoms with Crippen LogP contribution in [0.3, 0.4) is 0 Å². The van der Waals surface area contributed by atoms with E-state index in [1.54, 1.807) is 24.5 Å². The van der Waals surface area contributed by atoms with Crippen molar-refractivity contribution in [2.24, 2.45) is 5.73 Å². The minimum absolute atomic E-state index is 0.0279. The van der Waals surface area contributed by atoms with Gasteiger partial charge in [0.2, 0.25) is 0 Å². The summed E-state index contributed by atoms with van der Waals surface area (Å²) in [6.45, 7) is 0.492. The van der Waals surface area contributed by atoms with E-state index >= 15 is 0 Å². The molecule has 5 aromatic rings. The number of ketones is 1. The molecule has 0 fully saturated rings. The van der Waals surface area contributed by atoms with Gasteiger partial charge in [0.05, 0.1) is 11.1 Å². The summed E-state index contributed by atoms with van der Waals surface area (Å²) in [7, 11) is 0. The first-order valence-electron chi connectivity index (χ1n) is 10.4. The third-order valence-corrected chi connectivity index (χ3v) is 5.50. The molecule has 0 spiro atoms. The molecule has 0 atom stereocenters. The van der Waals surface area contributed by atoms with Crippen molar-refractivity contribution in [1.82, 2.24) is 19.9 Å². The second-order valence-electron chi connectivity index (χ2n) is 7.66. The normalized spacial score (nSPS) is 11.0. The van der Waals surface area contributed by atoms with Gasteiger partial charge in [-0.15, -0.1) is 0 Å². The average Bonchev–Trinajstić information content (AvgIpc) is 3.27. The van der Waals surface area contributed by atoms with Gasteiger partial charge >= 0.3 is 0 Å². The fourth-order valence-electron chi connectivity index (χ4n) is 3.93. The Balaban J connectivity index is 1.34. The molecule has 162 valence electrons. The van der Waals surface area contributed by atoms with Crippen molar-refractivity contribution >= 4 is 39.4 Å². The van der Waals surface area contributed by atoms with Crippen molar-refractivity contribution in [3.8, 4) is 0 Å². The number of aromatic amines is 1. The highest BCUT2D eigenvalue weighted by molar-refractivity contribution is 6.08. The van der Waals surface area contributed by atoms with E-state index in [-0.39, 0.29) is 12.2 Å². The number of carbonyl (C=O) groups excluding carboxylic acids is 2. The van der Waals surface area contributed by atoms with E-state index in [2.05, 4.69) is 25.3 Å². The molecule has 8 heteroatoms. The van der Waals surface area contributed by atoms with Gasteiger partial charge in [0.15, 0.2) is 5.78 Å². The molecule has 5 rings (SSSR count). The minimum atomic E-state index is -0.534. The molecule has 3 heterocycles. The summed E-state index contributed by atoms with van der Waals surface area (Å²) in [5.74, 6) is 0.101. The molecule has 0 unspecified atom stereocenters. The number of benzene rings is 2. The van der Waals surface area contributed by atoms with Crippen molar-refractivity contribution in [2.45, 2.75) is 13.0 Å². The summed E-state index contributed by atoms with van der Waals surface area (Å²) in [5, 5.41) is 4.84. The van der Waals surface area contributed by atoms with E-state index in [9.17, 15) is 9.59 Å². The molecule has 0 bridgehead atoms. The summed E-state index contributed by atoms with van der Waals surface area (Å²) >= 11 is 0. The van der Waals surface area contributed by atoms with Gasteiger partial charge in [0, 0.05) is 41.7 Å². The molecule has 0 saturated heterocycles. The van der Waals surface area contributed by atoms with E-state index in [1.807, 2.05) is 42.5 Å². The van der Waals surface area contributed by atoms with Gasteiger partial charge in [-0.3, -0.25) is 9.59 Å². The van der Waals surface area contributed by atoms with Crippen LogP contribution in [0.2, 0.25) is 0 Å². The standard InChI is InChI=1S/C25H20N6O2/c26-23(33)18-6-2-7-19-22(18)30-14-31-25(19)28-12-16-5-1-4-15(10-16)11-21(32)20-13-29-24-17(20)8-3-9-27-24/h1-10,13-14H,11-12H2,(H2,26,33)(H,27,29)(H,28,30,31). The lowest BCUT2D eigenvalue weighted by Gasteiger charge is -2.10. The van der Waals surface area contributed by atoms with Crippen LogP contribution in [0.15, 0.2) is 73.3 Å². The highest BCUT2D eigenvalue weighted by Gasteiger charge is 2.14. The zero-order chi connectivity index (χ0) is 22.8. The van der Waals surface area contributed by atoms with Crippen LogP contribution in [-0.2, 0) is 13.0 Å². The number of nitrogens with zero attached hydrogens (tertiary/aromatic N) is 3. The van der Waals surface area contributed by atoms with E-state index in [1.165, 1.54) is 6.33 Å². The van der Waals surface area contributed by atoms with Crippen LogP contribution in [0.5, 0.6) is 0 Å². The van der Waals surface area contributed by atoms with Gasteiger partial charge in [-0.2, -0.15) is 0 Å². The second-order valence-corrected chi connectivity index (χ2v) is 7.66. The fourth-order valence-corrected chi connectivity index (χ4v) is 3.93. The molecule has 1 amide bonds. The lowest BCUT2D eigenvalue weighted by molar-refractivity contribution is 0.0989. The predicted molar refractivity (Wildman–Crippen MR) is 126 cm³/mol. The smallest absolute Gasteiger partial charge is 0.250 e. The maximum Gasteiger partial charge on any atom is 0.250 e. The molecule has 3 aromatic heterocycles. The molecule has 8 nitrogen and oxygen atoms in total. The first-order chi connectivity index (χ1) is 16.1. The third kappa shape index (κ3) is 4.01. The minimum Gasteiger partial charge on any atom is -0.366 e. The number of nitrogens with two attached hydrogens (primary N) is 1. The van der Waals surface area contributed by atoms with Crippen LogP contribution in [0.4, 0.5) is 5.82 Å². The number of aromatic nitrogens is 4. The molecule has 0 aliphatic rings. The lowest BCUT2D eigenvalue weighted by atomic mass is 10.0. The highest BCUT2D eigenvalue weighted by Crippen LogP contribution is 2.23. The van der Waals surface area contributed by atoms with Gasteiger partial charge in [-0.25, -0.2) is 15.0 Å². The molecular weight excluding hydrogens is 416 g/mol. The van der Waals surface area contributed by atoms with Crippen LogP contribution in [0.25, 0.3) is 21.9 Å². The molecular formula is C25H20N6O2. The van der Waals surface area contributed by atoms with Crippen molar-refractivity contribution in [3.05, 3.63) is 95.6 Å². The van der Waals surface area contributed by atoms with E-state index in [4.69, 9.17) is 5.73 Å². The molecule has 33 heavy (non-hydrogen) atoms. The first kappa shape index (κ1) is 20.3. The molecule has 4 N–H and O–H groups in total. The summed E-state index contributed by atoms with van der Waals surface area (Å²) in [5.41, 5.74) is 9.59. The number of amides is 1. The average molecular weight is 436 g/mol. The molecule has 0 saturated carbocycles. The summed E-state index contributed by atoms with van der Waals surface area (Å²) in [6, 6.07) is 16.8. The zero-order valence-electron chi connectivity index (χ0n) is 17.6. The predicted octanol–water partition coefficient (Wildman–Crippen LogP) is 3.64. The topological polar surface area (TPSA) is 127 Å². The van der Waals surface area contributed by atoms with Crippen LogP contribution in [0.1, 0.15) is 31.8 Å². The van der Waals surface area contributed by atoms with Gasteiger partial charge in [-0.05, 0) is 35.4 Å². The van der Waals surface area contributed by atoms with Crippen LogP contribution in [0, 0.1) is 0 Å². The number of primary amides is 1. The van der Waals surface area contributed by atoms with Gasteiger partial charge in [0.25, 0.3) is 5.91 Å². The number of H-pyrrole nitrogens is 1. The van der Waals surface area contributed by atoms with Crippen molar-refractivity contribution in [1.29, 1.82) is 0 Å². The van der Waals surface area contributed by atoms with Gasteiger partial charge in [-0.1, -0.05) is 30.3 Å². The zero-order valence-corrected chi connectivity index (χ0v) is 17.6. The van der Waals surface area contributed by atoms with Crippen molar-refractivity contribution in [3.63, 3.8) is 0 Å². The Kier molecular flexibility index (Phi) is 5.24. The monoisotopic (exact) mass is 436 g/mol. The number of hydrogen-bond donors (Lipinski definition) is 3. The maximum atomic E-state index is 12.9. The largest absolute Gasteiger partial charge is 0.366 e. The Morgan fingerprint density at radius 1 is 0.909 bits per heavy atom. The number of hydrogen-bond acceptors (Lipinski definition) is 6. The molecule has 2 aromatic carbocycles. The Hall–Kier alpha value is -4.59. The SMILES string of the molecule is NC(=O)c1cccc2c(NCc3cccc(CC(=O)c4c[nH]c5ncccc45)c3)ncnc12. The number of anilines is 1. The van der Waals surface area contributed by atoms with E-state index in [0.717, 1.165) is 16.5 Å². The second kappa shape index (κ2) is 8.51. The Labute approximate surface area is 188 Å². The fraction of sp³-hybridized carbons (Fsp3) is 0.0800.